The second kappa shape index (κ2) is 8.95. The Balaban J connectivity index is 1.61. The average molecular weight is 391 g/mol. The van der Waals surface area contributed by atoms with Gasteiger partial charge in [0, 0.05) is 49.7 Å². The highest BCUT2D eigenvalue weighted by molar-refractivity contribution is 7.10. The van der Waals surface area contributed by atoms with Gasteiger partial charge in [0.2, 0.25) is 5.75 Å². The summed E-state index contributed by atoms with van der Waals surface area (Å²) in [5.74, 6) is 2.13. The summed E-state index contributed by atoms with van der Waals surface area (Å²) >= 11 is 1.86. The lowest BCUT2D eigenvalue weighted by Crippen LogP contribution is -2.45. The maximum absolute atomic E-state index is 5.63. The highest BCUT2D eigenvalue weighted by Gasteiger charge is 2.21. The molecule has 1 aliphatic rings. The number of piperazine rings is 1. The van der Waals surface area contributed by atoms with Gasteiger partial charge in [0.05, 0.1) is 21.3 Å². The van der Waals surface area contributed by atoms with E-state index in [1.165, 1.54) is 16.0 Å². The molecule has 0 bridgehead atoms. The fraction of sp³-hybridized carbons (Fsp3) is 0.524. The third-order valence-corrected chi connectivity index (χ3v) is 6.49. The number of rotatable bonds is 7. The van der Waals surface area contributed by atoms with Gasteiger partial charge in [0.1, 0.15) is 0 Å². The molecule has 0 aliphatic carbocycles. The standard InChI is InChI=1S/C21H30N2O3S/c1-15-16(2)27-14-18(15)13-23-10-8-22(9-11-23)12-17-6-7-19(24-3)21(26-5)20(17)25-4/h6-7,14H,8-13H2,1-5H3. The van der Waals surface area contributed by atoms with Crippen molar-refractivity contribution in [2.75, 3.05) is 47.5 Å². The van der Waals surface area contributed by atoms with Crippen molar-refractivity contribution in [2.45, 2.75) is 26.9 Å². The van der Waals surface area contributed by atoms with Crippen LogP contribution in [-0.2, 0) is 13.1 Å². The Hall–Kier alpha value is -1.76. The second-order valence-electron chi connectivity index (χ2n) is 6.99. The number of benzene rings is 1. The molecule has 27 heavy (non-hydrogen) atoms. The Kier molecular flexibility index (Phi) is 6.63. The normalized spacial score (nSPS) is 15.7. The summed E-state index contributed by atoms with van der Waals surface area (Å²) in [6.45, 7) is 10.6. The van der Waals surface area contributed by atoms with E-state index in [-0.39, 0.29) is 0 Å². The van der Waals surface area contributed by atoms with Gasteiger partial charge in [-0.3, -0.25) is 9.80 Å². The van der Waals surface area contributed by atoms with Gasteiger partial charge in [0.15, 0.2) is 11.5 Å². The van der Waals surface area contributed by atoms with Gasteiger partial charge in [-0.15, -0.1) is 11.3 Å². The minimum absolute atomic E-state index is 0.666. The summed E-state index contributed by atoms with van der Waals surface area (Å²) in [4.78, 5) is 6.47. The zero-order valence-corrected chi connectivity index (χ0v) is 17.8. The molecule has 2 heterocycles. The molecule has 0 spiro atoms. The van der Waals surface area contributed by atoms with Crippen molar-refractivity contribution < 1.29 is 14.2 Å². The van der Waals surface area contributed by atoms with Gasteiger partial charge in [-0.2, -0.15) is 0 Å². The van der Waals surface area contributed by atoms with E-state index in [0.717, 1.165) is 50.6 Å². The van der Waals surface area contributed by atoms with Crippen molar-refractivity contribution in [3.63, 3.8) is 0 Å². The SMILES string of the molecule is COc1ccc(CN2CCN(Cc3csc(C)c3C)CC2)c(OC)c1OC. The monoisotopic (exact) mass is 390 g/mol. The summed E-state index contributed by atoms with van der Waals surface area (Å²) in [6.07, 6.45) is 0. The third-order valence-electron chi connectivity index (χ3n) is 5.43. The molecule has 0 unspecified atom stereocenters. The van der Waals surface area contributed by atoms with Crippen molar-refractivity contribution in [1.29, 1.82) is 0 Å². The van der Waals surface area contributed by atoms with E-state index in [9.17, 15) is 0 Å². The molecule has 1 saturated heterocycles. The Labute approximate surface area is 166 Å². The zero-order chi connectivity index (χ0) is 19.4. The van der Waals surface area contributed by atoms with Crippen LogP contribution in [0.25, 0.3) is 0 Å². The van der Waals surface area contributed by atoms with Crippen molar-refractivity contribution in [1.82, 2.24) is 9.80 Å². The number of aryl methyl sites for hydroxylation is 1. The number of nitrogens with zero attached hydrogens (tertiary/aromatic N) is 2. The molecule has 1 aliphatic heterocycles. The van der Waals surface area contributed by atoms with E-state index in [1.54, 1.807) is 21.3 Å². The van der Waals surface area contributed by atoms with Crippen LogP contribution in [-0.4, -0.2) is 57.3 Å². The van der Waals surface area contributed by atoms with Crippen molar-refractivity contribution >= 4 is 11.3 Å². The Morgan fingerprint density at radius 3 is 1.89 bits per heavy atom. The van der Waals surface area contributed by atoms with Crippen molar-refractivity contribution in [3.8, 4) is 17.2 Å². The van der Waals surface area contributed by atoms with Crippen LogP contribution in [0.2, 0.25) is 0 Å². The summed E-state index contributed by atoms with van der Waals surface area (Å²) in [5.41, 5.74) is 4.07. The quantitative estimate of drug-likeness (QED) is 0.720. The number of methoxy groups -OCH3 is 3. The lowest BCUT2D eigenvalue weighted by molar-refractivity contribution is 0.121. The van der Waals surface area contributed by atoms with Crippen molar-refractivity contribution in [2.24, 2.45) is 0 Å². The molecular weight excluding hydrogens is 360 g/mol. The fourth-order valence-corrected chi connectivity index (χ4v) is 4.47. The van der Waals surface area contributed by atoms with E-state index in [2.05, 4.69) is 35.1 Å². The molecule has 1 aromatic heterocycles. The van der Waals surface area contributed by atoms with Crippen LogP contribution in [0.1, 0.15) is 21.6 Å². The van der Waals surface area contributed by atoms with Crippen LogP contribution in [0.3, 0.4) is 0 Å². The maximum Gasteiger partial charge on any atom is 0.203 e. The minimum Gasteiger partial charge on any atom is -0.493 e. The van der Waals surface area contributed by atoms with Gasteiger partial charge in [-0.05, 0) is 36.4 Å². The van der Waals surface area contributed by atoms with E-state index in [1.807, 2.05) is 17.4 Å². The van der Waals surface area contributed by atoms with Crippen LogP contribution in [0.4, 0.5) is 0 Å². The summed E-state index contributed by atoms with van der Waals surface area (Å²) in [7, 11) is 4.98. The lowest BCUT2D eigenvalue weighted by Gasteiger charge is -2.35. The molecule has 1 fully saturated rings. The van der Waals surface area contributed by atoms with Gasteiger partial charge >= 0.3 is 0 Å². The van der Waals surface area contributed by atoms with E-state index < -0.39 is 0 Å². The molecule has 0 saturated carbocycles. The first-order valence-corrected chi connectivity index (χ1v) is 10.2. The van der Waals surface area contributed by atoms with E-state index in [4.69, 9.17) is 14.2 Å². The minimum atomic E-state index is 0.666. The Morgan fingerprint density at radius 2 is 1.41 bits per heavy atom. The zero-order valence-electron chi connectivity index (χ0n) is 17.0. The van der Waals surface area contributed by atoms with Crippen LogP contribution in [0.5, 0.6) is 17.2 Å². The van der Waals surface area contributed by atoms with Crippen LogP contribution < -0.4 is 14.2 Å². The molecule has 0 radical (unpaired) electrons. The molecule has 5 nitrogen and oxygen atoms in total. The molecule has 2 aromatic rings. The highest BCUT2D eigenvalue weighted by Crippen LogP contribution is 2.40. The highest BCUT2D eigenvalue weighted by atomic mass is 32.1. The predicted octanol–water partition coefficient (Wildman–Crippen LogP) is 3.71. The maximum atomic E-state index is 5.63. The van der Waals surface area contributed by atoms with Gasteiger partial charge in [-0.25, -0.2) is 0 Å². The molecule has 3 rings (SSSR count). The topological polar surface area (TPSA) is 34.2 Å². The molecular formula is C21H30N2O3S. The van der Waals surface area contributed by atoms with E-state index >= 15 is 0 Å². The first kappa shape index (κ1) is 20.0. The van der Waals surface area contributed by atoms with E-state index in [0.29, 0.717) is 11.5 Å². The molecule has 0 amide bonds. The molecule has 0 N–H and O–H groups in total. The lowest BCUT2D eigenvalue weighted by atomic mass is 10.1. The largest absolute Gasteiger partial charge is 0.493 e. The van der Waals surface area contributed by atoms with Crippen LogP contribution >= 0.6 is 11.3 Å². The first-order valence-electron chi connectivity index (χ1n) is 9.33. The molecule has 1 aromatic carbocycles. The smallest absolute Gasteiger partial charge is 0.203 e. The Morgan fingerprint density at radius 1 is 0.815 bits per heavy atom. The van der Waals surface area contributed by atoms with Crippen molar-refractivity contribution in [3.05, 3.63) is 39.1 Å². The number of thiophene rings is 1. The van der Waals surface area contributed by atoms with Gasteiger partial charge in [-0.1, -0.05) is 6.07 Å². The average Bonchev–Trinajstić information content (AvgIpc) is 3.01. The molecule has 6 heteroatoms. The molecule has 148 valence electrons. The first-order chi connectivity index (χ1) is 13.1. The fourth-order valence-electron chi connectivity index (χ4n) is 3.59. The summed E-state index contributed by atoms with van der Waals surface area (Å²) < 4.78 is 16.5. The third kappa shape index (κ3) is 4.39. The van der Waals surface area contributed by atoms with Crippen LogP contribution in [0, 0.1) is 13.8 Å². The second-order valence-corrected chi connectivity index (χ2v) is 8.07. The molecule has 0 atom stereocenters. The summed E-state index contributed by atoms with van der Waals surface area (Å²) in [6, 6.07) is 4.03. The number of hydrogen-bond acceptors (Lipinski definition) is 6. The van der Waals surface area contributed by atoms with Gasteiger partial charge in [0.25, 0.3) is 0 Å². The number of ether oxygens (including phenoxy) is 3. The number of hydrogen-bond donors (Lipinski definition) is 0. The Bertz CT molecular complexity index is 767. The summed E-state index contributed by atoms with van der Waals surface area (Å²) in [5, 5.41) is 2.31. The predicted molar refractivity (Wildman–Crippen MR) is 110 cm³/mol. The van der Waals surface area contributed by atoms with Gasteiger partial charge < -0.3 is 14.2 Å². The van der Waals surface area contributed by atoms with Crippen LogP contribution in [0.15, 0.2) is 17.5 Å².